The van der Waals surface area contributed by atoms with E-state index in [1.54, 1.807) is 24.4 Å². The van der Waals surface area contributed by atoms with Crippen LogP contribution in [0.2, 0.25) is 0 Å². The number of ketones is 1. The van der Waals surface area contributed by atoms with E-state index in [0.29, 0.717) is 29.2 Å². The third-order valence-corrected chi connectivity index (χ3v) is 5.61. The van der Waals surface area contributed by atoms with Gasteiger partial charge in [0.1, 0.15) is 17.7 Å². The largest absolute Gasteiger partial charge is 0.573 e. The van der Waals surface area contributed by atoms with E-state index < -0.39 is 18.4 Å². The second kappa shape index (κ2) is 12.4. The van der Waals surface area contributed by atoms with Crippen LogP contribution in [0.1, 0.15) is 34.0 Å². The maximum absolute atomic E-state index is 14.4. The molecule has 3 heterocycles. The highest BCUT2D eigenvalue weighted by Crippen LogP contribution is 2.24. The number of ether oxygens (including phenoxy) is 1. The highest BCUT2D eigenvalue weighted by atomic mass is 19.4. The van der Waals surface area contributed by atoms with Gasteiger partial charge in [0.25, 0.3) is 5.91 Å². The van der Waals surface area contributed by atoms with Crippen molar-refractivity contribution in [1.29, 1.82) is 0 Å². The third kappa shape index (κ3) is 8.15. The summed E-state index contributed by atoms with van der Waals surface area (Å²) in [5.74, 6) is -0.962. The summed E-state index contributed by atoms with van der Waals surface area (Å²) in [5, 5.41) is 18.0. The van der Waals surface area contributed by atoms with Gasteiger partial charge in [0.05, 0.1) is 54.7 Å². The number of Topliss-reactive ketones (excluding diaryl/α,β-unsaturated/α-hetero) is 1. The molecule has 1 aromatic carbocycles. The van der Waals surface area contributed by atoms with Crippen LogP contribution in [-0.2, 0) is 30.6 Å². The summed E-state index contributed by atoms with van der Waals surface area (Å²) >= 11 is 0. The van der Waals surface area contributed by atoms with Gasteiger partial charge in [-0.2, -0.15) is 10.2 Å². The van der Waals surface area contributed by atoms with Crippen LogP contribution in [0, 0.1) is 0 Å². The van der Waals surface area contributed by atoms with E-state index in [4.69, 9.17) is 0 Å². The minimum absolute atomic E-state index is 0.000747. The topological polar surface area (TPSA) is 130 Å². The van der Waals surface area contributed by atoms with Crippen LogP contribution in [0.15, 0.2) is 55.1 Å². The summed E-state index contributed by atoms with van der Waals surface area (Å²) in [5.41, 5.74) is 1.91. The molecule has 15 heteroatoms. The van der Waals surface area contributed by atoms with Crippen LogP contribution < -0.4 is 10.1 Å². The van der Waals surface area contributed by atoms with E-state index in [1.165, 1.54) is 47.0 Å². The van der Waals surface area contributed by atoms with Gasteiger partial charge in [-0.3, -0.25) is 9.59 Å². The molecule has 11 nitrogen and oxygen atoms in total. The monoisotopic (exact) mass is 560 g/mol. The lowest BCUT2D eigenvalue weighted by Crippen LogP contribution is -2.18. The number of nitrogens with zero attached hydrogens (tertiary/aromatic N) is 7. The van der Waals surface area contributed by atoms with Crippen molar-refractivity contribution in [1.82, 2.24) is 40.1 Å². The second-order valence-electron chi connectivity index (χ2n) is 8.77. The fourth-order valence-corrected chi connectivity index (χ4v) is 3.74. The summed E-state index contributed by atoms with van der Waals surface area (Å²) in [6, 6.07) is 8.71. The van der Waals surface area contributed by atoms with Crippen molar-refractivity contribution in [2.75, 3.05) is 7.05 Å². The number of hydrogen-bond donors (Lipinski definition) is 1. The first-order valence-electron chi connectivity index (χ1n) is 12.1. The number of amides is 1. The standard InChI is InChI=1S/C25H24F4N8O3/c1-30-24(39)23-14-37(35-34-23)12-16(26)5-6-17-7-8-18(33-32-17)9-21(38)10-19-13-36(15-31-19)20-3-2-4-22(11-20)40-25(27,28)29/h2-4,7-8,11,13-16H,5-6,9-10,12H2,1H3,(H,30,39)/t16-/m1/s1. The number of rotatable bonds is 12. The zero-order chi connectivity index (χ0) is 28.7. The van der Waals surface area contributed by atoms with Crippen molar-refractivity contribution in [2.24, 2.45) is 0 Å². The predicted octanol–water partition coefficient (Wildman–Crippen LogP) is 2.84. The van der Waals surface area contributed by atoms with Crippen LogP contribution in [-0.4, -0.2) is 66.0 Å². The van der Waals surface area contributed by atoms with Crippen LogP contribution in [0.25, 0.3) is 5.69 Å². The van der Waals surface area contributed by atoms with Crippen molar-refractivity contribution in [3.05, 3.63) is 77.9 Å². The van der Waals surface area contributed by atoms with E-state index in [1.807, 2.05) is 0 Å². The molecule has 0 saturated carbocycles. The quantitative estimate of drug-likeness (QED) is 0.262. The number of imidazole rings is 1. The number of aryl methyl sites for hydroxylation is 1. The molecule has 40 heavy (non-hydrogen) atoms. The van der Waals surface area contributed by atoms with E-state index in [9.17, 15) is 27.2 Å². The molecule has 0 aliphatic rings. The molecule has 0 aliphatic heterocycles. The van der Waals surface area contributed by atoms with Crippen LogP contribution in [0.3, 0.4) is 0 Å². The smallest absolute Gasteiger partial charge is 0.406 e. The summed E-state index contributed by atoms with van der Waals surface area (Å²) in [4.78, 5) is 28.2. The zero-order valence-corrected chi connectivity index (χ0v) is 21.2. The molecule has 0 unspecified atom stereocenters. The van der Waals surface area contributed by atoms with E-state index in [2.05, 4.69) is 35.5 Å². The predicted molar refractivity (Wildman–Crippen MR) is 131 cm³/mol. The molecule has 0 spiro atoms. The molecule has 4 rings (SSSR count). The number of halogens is 4. The summed E-state index contributed by atoms with van der Waals surface area (Å²) in [7, 11) is 1.46. The van der Waals surface area contributed by atoms with Gasteiger partial charge in [-0.15, -0.1) is 18.3 Å². The number of alkyl halides is 4. The third-order valence-electron chi connectivity index (χ3n) is 5.61. The number of carbonyl (C=O) groups is 2. The van der Waals surface area contributed by atoms with E-state index >= 15 is 0 Å². The Hall–Kier alpha value is -4.69. The van der Waals surface area contributed by atoms with Gasteiger partial charge in [-0.25, -0.2) is 14.1 Å². The SMILES string of the molecule is CNC(=O)c1cn(C[C@H](F)CCc2ccc(CC(=O)Cc3cn(-c4cccc(OC(F)(F)F)c4)cn3)nn2)nn1. The van der Waals surface area contributed by atoms with Gasteiger partial charge in [0, 0.05) is 19.3 Å². The minimum Gasteiger partial charge on any atom is -0.406 e. The van der Waals surface area contributed by atoms with Crippen molar-refractivity contribution >= 4 is 11.7 Å². The molecule has 0 radical (unpaired) electrons. The molecule has 0 saturated heterocycles. The molecular weight excluding hydrogens is 536 g/mol. The molecule has 1 atom stereocenters. The van der Waals surface area contributed by atoms with Crippen molar-refractivity contribution < 1.29 is 31.9 Å². The minimum atomic E-state index is -4.80. The van der Waals surface area contributed by atoms with Crippen LogP contribution in [0.4, 0.5) is 17.6 Å². The first-order valence-corrected chi connectivity index (χ1v) is 12.1. The zero-order valence-electron chi connectivity index (χ0n) is 21.2. The number of carbonyl (C=O) groups excluding carboxylic acids is 2. The van der Waals surface area contributed by atoms with Gasteiger partial charge in [0.2, 0.25) is 0 Å². The van der Waals surface area contributed by atoms with Gasteiger partial charge in [-0.1, -0.05) is 11.3 Å². The molecule has 210 valence electrons. The Balaban J connectivity index is 1.24. The number of benzene rings is 1. The summed E-state index contributed by atoms with van der Waals surface area (Å²) in [6.07, 6.45) is -1.29. The molecule has 0 aliphatic carbocycles. The Labute approximate surface area is 225 Å². The highest BCUT2D eigenvalue weighted by Gasteiger charge is 2.31. The van der Waals surface area contributed by atoms with E-state index in [0.717, 1.165) is 0 Å². The average molecular weight is 561 g/mol. The van der Waals surface area contributed by atoms with Gasteiger partial charge in [-0.05, 0) is 37.1 Å². The number of aromatic nitrogens is 7. The first kappa shape index (κ1) is 28.3. The fourth-order valence-electron chi connectivity index (χ4n) is 3.74. The Kier molecular flexibility index (Phi) is 8.81. The van der Waals surface area contributed by atoms with E-state index in [-0.39, 0.29) is 43.0 Å². The number of nitrogens with one attached hydrogen (secondary N) is 1. The van der Waals surface area contributed by atoms with Crippen molar-refractivity contribution in [3.8, 4) is 11.4 Å². The summed E-state index contributed by atoms with van der Waals surface area (Å²) < 4.78 is 58.5. The maximum Gasteiger partial charge on any atom is 0.573 e. The van der Waals surface area contributed by atoms with Gasteiger partial charge in [0.15, 0.2) is 5.69 Å². The number of hydrogen-bond acceptors (Lipinski definition) is 8. The second-order valence-corrected chi connectivity index (χ2v) is 8.77. The molecular formula is C25H24F4N8O3. The lowest BCUT2D eigenvalue weighted by molar-refractivity contribution is -0.274. The Bertz CT molecular complexity index is 1450. The first-order chi connectivity index (χ1) is 19.1. The molecule has 0 bridgehead atoms. The Morgan fingerprint density at radius 2 is 1.77 bits per heavy atom. The van der Waals surface area contributed by atoms with Crippen molar-refractivity contribution in [3.63, 3.8) is 0 Å². The maximum atomic E-state index is 14.4. The Morgan fingerprint density at radius 1 is 1.02 bits per heavy atom. The molecule has 3 aromatic heterocycles. The average Bonchev–Trinajstić information content (AvgIpc) is 3.57. The van der Waals surface area contributed by atoms with Crippen molar-refractivity contribution in [2.45, 2.75) is 44.8 Å². The van der Waals surface area contributed by atoms with Crippen LogP contribution in [0.5, 0.6) is 5.75 Å². The lowest BCUT2D eigenvalue weighted by atomic mass is 10.1. The molecule has 4 aromatic rings. The van der Waals surface area contributed by atoms with Crippen LogP contribution >= 0.6 is 0 Å². The highest BCUT2D eigenvalue weighted by molar-refractivity contribution is 5.91. The molecule has 1 amide bonds. The van der Waals surface area contributed by atoms with Gasteiger partial charge >= 0.3 is 6.36 Å². The fraction of sp³-hybridized carbons (Fsp3) is 0.320. The van der Waals surface area contributed by atoms with Gasteiger partial charge < -0.3 is 14.6 Å². The molecule has 0 fully saturated rings. The molecule has 1 N–H and O–H groups in total. The summed E-state index contributed by atoms with van der Waals surface area (Å²) in [6.45, 7) is -0.0630. The normalized spacial score (nSPS) is 12.2. The Morgan fingerprint density at radius 3 is 2.50 bits per heavy atom. The lowest BCUT2D eigenvalue weighted by Gasteiger charge is -2.10.